The second-order valence-corrected chi connectivity index (χ2v) is 14.7. The van der Waals surface area contributed by atoms with Gasteiger partial charge in [0.1, 0.15) is 5.69 Å². The Morgan fingerprint density at radius 3 is 1.65 bits per heavy atom. The molecule has 0 radical (unpaired) electrons. The van der Waals surface area contributed by atoms with Crippen molar-refractivity contribution in [2.45, 2.75) is 13.8 Å². The molecule has 0 saturated heterocycles. The monoisotopic (exact) mass is 714 g/mol. The first-order valence-corrected chi connectivity index (χ1v) is 18.2. The van der Waals surface area contributed by atoms with E-state index in [0.717, 1.165) is 41.5 Å². The number of hydrogen-bond acceptors (Lipinski definition) is 8. The largest absolute Gasteiger partial charge is 0.322 e. The first-order chi connectivity index (χ1) is 25.4. The van der Waals surface area contributed by atoms with Gasteiger partial charge in [0.25, 0.3) is 11.8 Å². The van der Waals surface area contributed by atoms with Crippen LogP contribution >= 0.6 is 22.7 Å². The molecule has 0 aliphatic heterocycles. The van der Waals surface area contributed by atoms with Crippen molar-refractivity contribution in [2.24, 2.45) is 10.2 Å². The Bertz CT molecular complexity index is 2660. The molecule has 2 N–H and O–H groups in total. The minimum absolute atomic E-state index is 0.305. The fraction of sp³-hybridized carbons (Fsp3) is 0.0476. The molecule has 8 rings (SSSR count). The molecule has 0 atom stereocenters. The maximum Gasteiger partial charge on any atom is 0.256 e. The summed E-state index contributed by atoms with van der Waals surface area (Å²) in [6, 6.07) is 41.5. The molecular weight excluding hydrogens is 685 g/mol. The van der Waals surface area contributed by atoms with Crippen molar-refractivity contribution < 1.29 is 9.59 Å². The number of hydrogen-bond donors (Lipinski definition) is 2. The lowest BCUT2D eigenvalue weighted by molar-refractivity contribution is 0.102. The molecule has 0 saturated carbocycles. The number of azo groups is 1. The minimum Gasteiger partial charge on any atom is -0.322 e. The average molecular weight is 715 g/mol. The van der Waals surface area contributed by atoms with E-state index in [1.54, 1.807) is 40.9 Å². The van der Waals surface area contributed by atoms with Gasteiger partial charge in [0.2, 0.25) is 0 Å². The van der Waals surface area contributed by atoms with Gasteiger partial charge in [0.15, 0.2) is 0 Å². The normalized spacial score (nSPS) is 11.3. The zero-order valence-electron chi connectivity index (χ0n) is 28.1. The summed E-state index contributed by atoms with van der Waals surface area (Å²) >= 11 is 3.25. The summed E-state index contributed by atoms with van der Waals surface area (Å²) in [5.74, 6) is -0.649. The van der Waals surface area contributed by atoms with Gasteiger partial charge in [0, 0.05) is 26.2 Å². The number of fused-ring (bicyclic) bond motifs is 2. The Morgan fingerprint density at radius 2 is 1.10 bits per heavy atom. The maximum atomic E-state index is 14.2. The first kappa shape index (κ1) is 32.8. The molecule has 0 fully saturated rings. The Hall–Kier alpha value is -6.36. The second-order valence-electron chi connectivity index (χ2n) is 12.1. The zero-order chi connectivity index (χ0) is 35.6. The highest BCUT2D eigenvalue weighted by Crippen LogP contribution is 2.35. The number of pyridine rings is 2. The van der Waals surface area contributed by atoms with Crippen LogP contribution in [0.5, 0.6) is 0 Å². The highest BCUT2D eigenvalue weighted by Gasteiger charge is 2.19. The summed E-state index contributed by atoms with van der Waals surface area (Å²) in [5, 5.41) is 16.5. The molecule has 8 nitrogen and oxygen atoms in total. The molecule has 0 bridgehead atoms. The van der Waals surface area contributed by atoms with Crippen LogP contribution < -0.4 is 10.6 Å². The van der Waals surface area contributed by atoms with Gasteiger partial charge in [-0.1, -0.05) is 54.6 Å². The number of para-hydroxylation sites is 2. The van der Waals surface area contributed by atoms with Crippen molar-refractivity contribution >= 4 is 79.0 Å². The van der Waals surface area contributed by atoms with E-state index in [0.29, 0.717) is 45.1 Å². The van der Waals surface area contributed by atoms with Crippen LogP contribution in [0, 0.1) is 13.8 Å². The molecule has 0 spiro atoms. The molecule has 8 aromatic rings. The van der Waals surface area contributed by atoms with Gasteiger partial charge in [-0.05, 0) is 92.7 Å². The molecule has 10 heteroatoms. The lowest BCUT2D eigenvalue weighted by atomic mass is 10.1. The van der Waals surface area contributed by atoms with Gasteiger partial charge < -0.3 is 10.6 Å². The fourth-order valence-electron chi connectivity index (χ4n) is 5.92. The molecule has 252 valence electrons. The van der Waals surface area contributed by atoms with Gasteiger partial charge in [0.05, 0.1) is 54.7 Å². The fourth-order valence-corrected chi connectivity index (χ4v) is 7.58. The van der Waals surface area contributed by atoms with Gasteiger partial charge >= 0.3 is 0 Å². The highest BCUT2D eigenvalue weighted by atomic mass is 32.1. The van der Waals surface area contributed by atoms with E-state index in [4.69, 9.17) is 9.97 Å². The second kappa shape index (κ2) is 14.1. The molecule has 2 amide bonds. The van der Waals surface area contributed by atoms with E-state index in [-0.39, 0.29) is 11.8 Å². The molecular formula is C42H30N6O2S2. The number of nitrogens with zero attached hydrogens (tertiary/aromatic N) is 4. The van der Waals surface area contributed by atoms with Gasteiger partial charge in [-0.2, -0.15) is 5.11 Å². The number of benzene rings is 4. The van der Waals surface area contributed by atoms with Crippen LogP contribution in [0.4, 0.5) is 22.7 Å². The van der Waals surface area contributed by atoms with E-state index in [2.05, 4.69) is 20.9 Å². The van der Waals surface area contributed by atoms with Crippen molar-refractivity contribution in [3.63, 3.8) is 0 Å². The third kappa shape index (κ3) is 6.85. The summed E-state index contributed by atoms with van der Waals surface area (Å²) in [6.07, 6.45) is 0. The SMILES string of the molecule is Cc1ccc(-c2cc(C(=O)Nc3ccc(N=Nc4ccccc4)c(NC(=O)c4cc(-c5ccc(C)s5)nc5ccccc45)c3)c3ccccc3n2)s1. The molecule has 4 heterocycles. The molecule has 4 aromatic carbocycles. The lowest BCUT2D eigenvalue weighted by Gasteiger charge is -2.14. The molecule has 4 aromatic heterocycles. The van der Waals surface area contributed by atoms with Crippen molar-refractivity contribution in [2.75, 3.05) is 10.6 Å². The quantitative estimate of drug-likeness (QED) is 0.153. The van der Waals surface area contributed by atoms with Gasteiger partial charge in [-0.25, -0.2) is 9.97 Å². The maximum absolute atomic E-state index is 14.2. The topological polar surface area (TPSA) is 109 Å². The van der Waals surface area contributed by atoms with Gasteiger partial charge in [-0.15, -0.1) is 27.8 Å². The Balaban J connectivity index is 1.17. The highest BCUT2D eigenvalue weighted by molar-refractivity contribution is 7.15. The van der Waals surface area contributed by atoms with Crippen molar-refractivity contribution in [1.29, 1.82) is 0 Å². The van der Waals surface area contributed by atoms with Crippen LogP contribution in [-0.4, -0.2) is 21.8 Å². The smallest absolute Gasteiger partial charge is 0.256 e. The number of thiophene rings is 2. The summed E-state index contributed by atoms with van der Waals surface area (Å²) in [4.78, 5) is 42.2. The van der Waals surface area contributed by atoms with E-state index in [1.807, 2.05) is 129 Å². The predicted molar refractivity (Wildman–Crippen MR) is 213 cm³/mol. The lowest BCUT2D eigenvalue weighted by Crippen LogP contribution is -2.15. The molecule has 0 aliphatic carbocycles. The van der Waals surface area contributed by atoms with Crippen LogP contribution in [0.25, 0.3) is 42.9 Å². The summed E-state index contributed by atoms with van der Waals surface area (Å²) in [7, 11) is 0. The first-order valence-electron chi connectivity index (χ1n) is 16.5. The number of amides is 2. The third-order valence-corrected chi connectivity index (χ3v) is 10.5. The van der Waals surface area contributed by atoms with Crippen LogP contribution in [0.3, 0.4) is 0 Å². The van der Waals surface area contributed by atoms with Crippen molar-refractivity contribution in [3.05, 3.63) is 154 Å². The standard InChI is InChI=1S/C42H30N6O2S2/c1-25-16-20-39(51-25)37-23-31(29-12-6-8-14-33(29)44-37)41(49)43-28-18-19-35(48-47-27-10-4-3-5-11-27)36(22-28)46-42(50)32-24-38(40-21-17-26(2)52-40)45-34-15-9-7-13-30(32)34/h3-24H,1-2H3,(H,43,49)(H,46,50). The number of carbonyl (C=O) groups excluding carboxylic acids is 2. The summed E-state index contributed by atoms with van der Waals surface area (Å²) in [6.45, 7) is 4.09. The number of rotatable bonds is 8. The molecule has 52 heavy (non-hydrogen) atoms. The molecule has 0 unspecified atom stereocenters. The minimum atomic E-state index is -0.344. The predicted octanol–water partition coefficient (Wildman–Crippen LogP) is 11.8. The Kier molecular flexibility index (Phi) is 8.90. The number of nitrogens with one attached hydrogen (secondary N) is 2. The Morgan fingerprint density at radius 1 is 0.558 bits per heavy atom. The van der Waals surface area contributed by atoms with E-state index < -0.39 is 0 Å². The average Bonchev–Trinajstić information content (AvgIpc) is 3.82. The van der Waals surface area contributed by atoms with Crippen LogP contribution in [0.1, 0.15) is 30.5 Å². The number of aromatic nitrogens is 2. The van der Waals surface area contributed by atoms with Crippen molar-refractivity contribution in [3.8, 4) is 21.1 Å². The summed E-state index contributed by atoms with van der Waals surface area (Å²) < 4.78 is 0. The Labute approximate surface area is 307 Å². The number of carbonyl (C=O) groups is 2. The zero-order valence-corrected chi connectivity index (χ0v) is 29.8. The number of aryl methyl sites for hydroxylation is 2. The van der Waals surface area contributed by atoms with Crippen LogP contribution in [0.15, 0.2) is 144 Å². The van der Waals surface area contributed by atoms with Gasteiger partial charge in [-0.3, -0.25) is 9.59 Å². The van der Waals surface area contributed by atoms with E-state index in [1.165, 1.54) is 0 Å². The van der Waals surface area contributed by atoms with Crippen molar-refractivity contribution in [1.82, 2.24) is 9.97 Å². The van der Waals surface area contributed by atoms with Crippen LogP contribution in [0.2, 0.25) is 0 Å². The summed E-state index contributed by atoms with van der Waals surface area (Å²) in [5.41, 5.74) is 5.78. The van der Waals surface area contributed by atoms with E-state index >= 15 is 0 Å². The third-order valence-electron chi connectivity index (χ3n) is 8.44. The number of anilines is 2. The van der Waals surface area contributed by atoms with E-state index in [9.17, 15) is 9.59 Å². The van der Waals surface area contributed by atoms with Crippen LogP contribution in [-0.2, 0) is 0 Å². The molecule has 0 aliphatic rings.